The predicted octanol–water partition coefficient (Wildman–Crippen LogP) is 4.27. The van der Waals surface area contributed by atoms with Crippen LogP contribution in [-0.2, 0) is 0 Å². The van der Waals surface area contributed by atoms with Crippen LogP contribution in [0.2, 0.25) is 0 Å². The van der Waals surface area contributed by atoms with Gasteiger partial charge < -0.3 is 5.32 Å². The molecule has 1 amide bonds. The molecule has 0 spiro atoms. The van der Waals surface area contributed by atoms with Crippen molar-refractivity contribution in [2.24, 2.45) is 0 Å². The summed E-state index contributed by atoms with van der Waals surface area (Å²) in [7, 11) is 0. The van der Waals surface area contributed by atoms with E-state index >= 15 is 0 Å². The zero-order valence-corrected chi connectivity index (χ0v) is 14.9. The van der Waals surface area contributed by atoms with Gasteiger partial charge in [0.2, 0.25) is 0 Å². The SMILES string of the molecule is O=C(NC1C[C@@H]2CCC[C@@H](C1)N2C1CCCCC1)c1ccc(F)cc1. The van der Waals surface area contributed by atoms with E-state index in [4.69, 9.17) is 0 Å². The minimum Gasteiger partial charge on any atom is -0.349 e. The van der Waals surface area contributed by atoms with E-state index in [0.29, 0.717) is 17.6 Å². The Bertz CT molecular complexity index is 582. The lowest BCUT2D eigenvalue weighted by molar-refractivity contribution is -0.0211. The quantitative estimate of drug-likeness (QED) is 0.888. The highest BCUT2D eigenvalue weighted by Gasteiger charge is 2.42. The number of hydrogen-bond acceptors (Lipinski definition) is 2. The van der Waals surface area contributed by atoms with Crippen molar-refractivity contribution in [3.05, 3.63) is 35.6 Å². The zero-order valence-electron chi connectivity index (χ0n) is 14.9. The molecule has 4 rings (SSSR count). The van der Waals surface area contributed by atoms with Gasteiger partial charge in [-0.05, 0) is 62.8 Å². The summed E-state index contributed by atoms with van der Waals surface area (Å²) in [6.45, 7) is 0. The highest BCUT2D eigenvalue weighted by atomic mass is 19.1. The molecule has 136 valence electrons. The van der Waals surface area contributed by atoms with Gasteiger partial charge in [-0.25, -0.2) is 4.39 Å². The maximum Gasteiger partial charge on any atom is 0.251 e. The molecule has 1 aromatic rings. The monoisotopic (exact) mass is 344 g/mol. The van der Waals surface area contributed by atoms with Crippen LogP contribution in [0.15, 0.2) is 24.3 Å². The first-order chi connectivity index (χ1) is 12.2. The minimum atomic E-state index is -0.299. The number of nitrogens with one attached hydrogen (secondary N) is 1. The minimum absolute atomic E-state index is 0.0609. The molecule has 3 fully saturated rings. The van der Waals surface area contributed by atoms with Crippen molar-refractivity contribution < 1.29 is 9.18 Å². The normalized spacial score (nSPS) is 30.8. The molecule has 2 heterocycles. The van der Waals surface area contributed by atoms with E-state index in [-0.39, 0.29) is 17.8 Å². The summed E-state index contributed by atoms with van der Waals surface area (Å²) in [6, 6.07) is 8.16. The van der Waals surface area contributed by atoms with E-state index in [1.165, 1.54) is 63.5 Å². The lowest BCUT2D eigenvalue weighted by atomic mass is 9.78. The van der Waals surface area contributed by atoms with Crippen LogP contribution in [0.5, 0.6) is 0 Å². The summed E-state index contributed by atoms with van der Waals surface area (Å²) in [6.07, 6.45) is 12.9. The van der Waals surface area contributed by atoms with Gasteiger partial charge in [-0.2, -0.15) is 0 Å². The second-order valence-corrected chi connectivity index (χ2v) is 8.13. The van der Waals surface area contributed by atoms with Gasteiger partial charge in [0.1, 0.15) is 5.82 Å². The van der Waals surface area contributed by atoms with E-state index in [0.717, 1.165) is 18.9 Å². The molecular weight excluding hydrogens is 315 g/mol. The molecule has 1 saturated carbocycles. The van der Waals surface area contributed by atoms with Crippen LogP contribution in [0.3, 0.4) is 0 Å². The highest BCUT2D eigenvalue weighted by Crippen LogP contribution is 2.39. The molecule has 1 N–H and O–H groups in total. The Balaban J connectivity index is 1.40. The van der Waals surface area contributed by atoms with E-state index in [9.17, 15) is 9.18 Å². The Morgan fingerprint density at radius 2 is 1.48 bits per heavy atom. The van der Waals surface area contributed by atoms with E-state index in [1.807, 2.05) is 0 Å². The molecule has 2 saturated heterocycles. The molecule has 0 aromatic heterocycles. The molecule has 25 heavy (non-hydrogen) atoms. The average molecular weight is 344 g/mol. The molecule has 2 aliphatic heterocycles. The third-order valence-corrected chi connectivity index (χ3v) is 6.47. The molecule has 1 aliphatic carbocycles. The van der Waals surface area contributed by atoms with Gasteiger partial charge in [0.15, 0.2) is 0 Å². The lowest BCUT2D eigenvalue weighted by Gasteiger charge is -2.53. The Morgan fingerprint density at radius 1 is 0.880 bits per heavy atom. The maximum absolute atomic E-state index is 13.0. The summed E-state index contributed by atoms with van der Waals surface area (Å²) in [4.78, 5) is 15.3. The second-order valence-electron chi connectivity index (χ2n) is 8.13. The van der Waals surface area contributed by atoms with Gasteiger partial charge in [0, 0.05) is 29.7 Å². The van der Waals surface area contributed by atoms with Crippen molar-refractivity contribution in [1.82, 2.24) is 10.2 Å². The van der Waals surface area contributed by atoms with Crippen molar-refractivity contribution >= 4 is 5.91 Å². The number of amides is 1. The van der Waals surface area contributed by atoms with Crippen molar-refractivity contribution in [2.45, 2.75) is 88.4 Å². The van der Waals surface area contributed by atoms with Gasteiger partial charge in [0.25, 0.3) is 5.91 Å². The number of nitrogens with zero attached hydrogens (tertiary/aromatic N) is 1. The van der Waals surface area contributed by atoms with E-state index in [1.54, 1.807) is 12.1 Å². The largest absolute Gasteiger partial charge is 0.349 e. The summed E-state index contributed by atoms with van der Waals surface area (Å²) in [5.74, 6) is -0.360. The van der Waals surface area contributed by atoms with Crippen LogP contribution in [0.4, 0.5) is 4.39 Å². The van der Waals surface area contributed by atoms with Crippen molar-refractivity contribution in [3.63, 3.8) is 0 Å². The van der Waals surface area contributed by atoms with Gasteiger partial charge in [-0.3, -0.25) is 9.69 Å². The number of hydrogen-bond donors (Lipinski definition) is 1. The van der Waals surface area contributed by atoms with Gasteiger partial charge in [-0.1, -0.05) is 25.7 Å². The van der Waals surface area contributed by atoms with Crippen LogP contribution in [0.1, 0.15) is 74.6 Å². The number of halogens is 1. The highest BCUT2D eigenvalue weighted by molar-refractivity contribution is 5.94. The molecule has 3 nitrogen and oxygen atoms in total. The van der Waals surface area contributed by atoms with Crippen LogP contribution in [-0.4, -0.2) is 35.0 Å². The van der Waals surface area contributed by atoms with E-state index < -0.39 is 0 Å². The summed E-state index contributed by atoms with van der Waals surface area (Å²) in [5, 5.41) is 3.22. The fourth-order valence-electron chi connectivity index (χ4n) is 5.38. The number of benzene rings is 1. The number of fused-ring (bicyclic) bond motifs is 2. The number of carbonyl (C=O) groups excluding carboxylic acids is 1. The fraction of sp³-hybridized carbons (Fsp3) is 0.667. The van der Waals surface area contributed by atoms with Crippen LogP contribution < -0.4 is 5.32 Å². The summed E-state index contributed by atoms with van der Waals surface area (Å²) in [5.41, 5.74) is 0.557. The van der Waals surface area contributed by atoms with E-state index in [2.05, 4.69) is 10.2 Å². The molecule has 3 aliphatic rings. The van der Waals surface area contributed by atoms with Crippen molar-refractivity contribution in [2.75, 3.05) is 0 Å². The van der Waals surface area contributed by atoms with Gasteiger partial charge >= 0.3 is 0 Å². The topological polar surface area (TPSA) is 32.3 Å². The number of piperidine rings is 2. The predicted molar refractivity (Wildman–Crippen MR) is 97.0 cm³/mol. The maximum atomic E-state index is 13.0. The first-order valence-corrected chi connectivity index (χ1v) is 10.0. The lowest BCUT2D eigenvalue weighted by Crippen LogP contribution is -2.60. The fourth-order valence-corrected chi connectivity index (χ4v) is 5.38. The third-order valence-electron chi connectivity index (χ3n) is 6.47. The standard InChI is InChI=1S/C21H29FN2O/c22-16-11-9-15(10-12-16)21(25)23-17-13-19-7-4-8-20(14-17)24(19)18-5-2-1-3-6-18/h9-12,17-20H,1-8,13-14H2,(H,23,25)/t19-,20-/m0/s1. The Hall–Kier alpha value is -1.42. The van der Waals surface area contributed by atoms with Crippen LogP contribution in [0.25, 0.3) is 0 Å². The Labute approximate surface area is 150 Å². The van der Waals surface area contributed by atoms with Crippen LogP contribution >= 0.6 is 0 Å². The molecule has 1 aromatic carbocycles. The summed E-state index contributed by atoms with van der Waals surface area (Å²) >= 11 is 0. The average Bonchev–Trinajstić information content (AvgIpc) is 2.62. The first-order valence-electron chi connectivity index (χ1n) is 10.0. The second kappa shape index (κ2) is 7.45. The molecule has 0 radical (unpaired) electrons. The smallest absolute Gasteiger partial charge is 0.251 e. The molecule has 0 unspecified atom stereocenters. The number of rotatable bonds is 3. The molecule has 2 atom stereocenters. The van der Waals surface area contributed by atoms with Crippen molar-refractivity contribution in [1.29, 1.82) is 0 Å². The molecule has 2 bridgehead atoms. The Kier molecular flexibility index (Phi) is 5.07. The molecular formula is C21H29FN2O. The van der Waals surface area contributed by atoms with Crippen molar-refractivity contribution in [3.8, 4) is 0 Å². The zero-order chi connectivity index (χ0) is 17.2. The third kappa shape index (κ3) is 3.74. The Morgan fingerprint density at radius 3 is 2.12 bits per heavy atom. The van der Waals surface area contributed by atoms with Crippen LogP contribution in [0, 0.1) is 5.82 Å². The first kappa shape index (κ1) is 17.0. The number of carbonyl (C=O) groups is 1. The van der Waals surface area contributed by atoms with Gasteiger partial charge in [0.05, 0.1) is 0 Å². The molecule has 4 heteroatoms. The van der Waals surface area contributed by atoms with Gasteiger partial charge in [-0.15, -0.1) is 0 Å². The summed E-state index contributed by atoms with van der Waals surface area (Å²) < 4.78 is 13.0.